The van der Waals surface area contributed by atoms with E-state index in [1.54, 1.807) is 0 Å². The number of carbonyl (C=O) groups is 4. The van der Waals surface area contributed by atoms with Gasteiger partial charge in [0.05, 0.1) is 0 Å². The number of rotatable bonds is 6. The monoisotopic (exact) mass is 353 g/mol. The van der Waals surface area contributed by atoms with Crippen LogP contribution in [0.3, 0.4) is 0 Å². The van der Waals surface area contributed by atoms with Crippen LogP contribution in [0.25, 0.3) is 0 Å². The average molecular weight is 353 g/mol. The van der Waals surface area contributed by atoms with E-state index >= 15 is 0 Å². The van der Waals surface area contributed by atoms with Gasteiger partial charge in [-0.3, -0.25) is 19.3 Å². The van der Waals surface area contributed by atoms with E-state index in [4.69, 9.17) is 0 Å². The van der Waals surface area contributed by atoms with E-state index in [0.717, 1.165) is 4.90 Å². The van der Waals surface area contributed by atoms with Crippen molar-refractivity contribution in [1.82, 2.24) is 9.80 Å². The number of hydrogen-bond acceptors (Lipinski definition) is 5. The Balaban J connectivity index is 1.59. The lowest BCUT2D eigenvalue weighted by atomic mass is 10.3. The normalized spacial score (nSPS) is 17.5. The predicted octanol–water partition coefficient (Wildman–Crippen LogP) is 1.18. The van der Waals surface area contributed by atoms with E-state index in [1.165, 1.54) is 24.3 Å². The van der Waals surface area contributed by atoms with Crippen LogP contribution in [0.2, 0.25) is 0 Å². The Bertz CT molecular complexity index is 733. The number of halogens is 2. The fourth-order valence-electron chi connectivity index (χ4n) is 2.38. The number of urea groups is 1. The molecule has 0 bridgehead atoms. The van der Waals surface area contributed by atoms with Crippen molar-refractivity contribution in [3.8, 4) is 5.75 Å². The van der Waals surface area contributed by atoms with Gasteiger partial charge >= 0.3 is 24.5 Å². The SMILES string of the molecule is O=C(CN1C(=O)C(=O)N(C2CC2)C1=O)Nc1ccc(OC(F)F)cc1. The summed E-state index contributed by atoms with van der Waals surface area (Å²) < 4.78 is 28.3. The molecule has 1 aliphatic carbocycles. The van der Waals surface area contributed by atoms with Gasteiger partial charge in [0.25, 0.3) is 0 Å². The Morgan fingerprint density at radius 3 is 2.36 bits per heavy atom. The van der Waals surface area contributed by atoms with Crippen molar-refractivity contribution in [3.05, 3.63) is 24.3 Å². The van der Waals surface area contributed by atoms with Crippen LogP contribution >= 0.6 is 0 Å². The van der Waals surface area contributed by atoms with Gasteiger partial charge in [0.2, 0.25) is 5.91 Å². The van der Waals surface area contributed by atoms with Crippen LogP contribution in [0.1, 0.15) is 12.8 Å². The third kappa shape index (κ3) is 3.57. The van der Waals surface area contributed by atoms with Gasteiger partial charge in [-0.15, -0.1) is 0 Å². The topological polar surface area (TPSA) is 96.0 Å². The quantitative estimate of drug-likeness (QED) is 0.612. The molecule has 0 atom stereocenters. The van der Waals surface area contributed by atoms with E-state index in [9.17, 15) is 28.0 Å². The first-order chi connectivity index (χ1) is 11.9. The fourth-order valence-corrected chi connectivity index (χ4v) is 2.38. The highest BCUT2D eigenvalue weighted by atomic mass is 19.3. The minimum Gasteiger partial charge on any atom is -0.435 e. The third-order valence-corrected chi connectivity index (χ3v) is 3.66. The molecule has 132 valence electrons. The standard InChI is InChI=1S/C15H13F2N3O5/c16-14(17)25-10-5-1-8(2-6-10)18-11(21)7-19-12(22)13(23)20(15(19)24)9-3-4-9/h1-2,5-6,9,14H,3-4,7H2,(H,18,21). The van der Waals surface area contributed by atoms with Crippen molar-refractivity contribution in [2.75, 3.05) is 11.9 Å². The van der Waals surface area contributed by atoms with E-state index in [-0.39, 0.29) is 17.5 Å². The first kappa shape index (κ1) is 16.8. The summed E-state index contributed by atoms with van der Waals surface area (Å²) in [6, 6.07) is 4.04. The summed E-state index contributed by atoms with van der Waals surface area (Å²) in [6.07, 6.45) is 1.30. The molecule has 1 N–H and O–H groups in total. The van der Waals surface area contributed by atoms with Gasteiger partial charge < -0.3 is 10.1 Å². The highest BCUT2D eigenvalue weighted by Gasteiger charge is 2.51. The zero-order valence-electron chi connectivity index (χ0n) is 12.8. The molecule has 0 radical (unpaired) electrons. The summed E-state index contributed by atoms with van der Waals surface area (Å²) >= 11 is 0. The molecule has 0 unspecified atom stereocenters. The lowest BCUT2D eigenvalue weighted by Crippen LogP contribution is -2.39. The molecular weight excluding hydrogens is 340 g/mol. The maximum Gasteiger partial charge on any atom is 0.387 e. The number of nitrogens with one attached hydrogen (secondary N) is 1. The van der Waals surface area contributed by atoms with Crippen LogP contribution < -0.4 is 10.1 Å². The Morgan fingerprint density at radius 2 is 1.80 bits per heavy atom. The summed E-state index contributed by atoms with van der Waals surface area (Å²) in [7, 11) is 0. The maximum atomic E-state index is 12.1. The molecule has 10 heteroatoms. The molecule has 1 saturated carbocycles. The Hall–Kier alpha value is -3.04. The zero-order valence-corrected chi connectivity index (χ0v) is 12.8. The van der Waals surface area contributed by atoms with Gasteiger partial charge in [-0.1, -0.05) is 0 Å². The third-order valence-electron chi connectivity index (χ3n) is 3.66. The molecule has 1 saturated heterocycles. The molecule has 1 heterocycles. The smallest absolute Gasteiger partial charge is 0.387 e. The molecule has 2 fully saturated rings. The van der Waals surface area contributed by atoms with Gasteiger partial charge in [-0.25, -0.2) is 9.69 Å². The summed E-state index contributed by atoms with van der Waals surface area (Å²) in [5.74, 6) is -2.74. The minimum atomic E-state index is -2.96. The molecule has 25 heavy (non-hydrogen) atoms. The number of nitrogens with zero attached hydrogens (tertiary/aromatic N) is 2. The van der Waals surface area contributed by atoms with Crippen LogP contribution in [0.5, 0.6) is 5.75 Å². The molecule has 1 aliphatic heterocycles. The molecule has 1 aromatic rings. The number of alkyl halides is 2. The van der Waals surface area contributed by atoms with Crippen molar-refractivity contribution < 1.29 is 32.7 Å². The minimum absolute atomic E-state index is 0.0800. The highest BCUT2D eigenvalue weighted by Crippen LogP contribution is 2.31. The number of anilines is 1. The van der Waals surface area contributed by atoms with Crippen LogP contribution in [0.4, 0.5) is 19.3 Å². The Labute approximate surface area is 140 Å². The van der Waals surface area contributed by atoms with Crippen molar-refractivity contribution in [2.24, 2.45) is 0 Å². The van der Waals surface area contributed by atoms with Gasteiger partial charge in [0.1, 0.15) is 12.3 Å². The summed E-state index contributed by atoms with van der Waals surface area (Å²) in [5, 5.41) is 2.41. The average Bonchev–Trinajstić information content (AvgIpc) is 3.35. The highest BCUT2D eigenvalue weighted by molar-refractivity contribution is 6.45. The zero-order chi connectivity index (χ0) is 18.1. The van der Waals surface area contributed by atoms with Gasteiger partial charge in [-0.05, 0) is 37.1 Å². The Kier molecular flexibility index (Phi) is 4.34. The number of ether oxygens (including phenoxy) is 1. The fraction of sp³-hybridized carbons (Fsp3) is 0.333. The second kappa shape index (κ2) is 6.46. The van der Waals surface area contributed by atoms with Gasteiger partial charge in [0.15, 0.2) is 0 Å². The van der Waals surface area contributed by atoms with E-state index < -0.39 is 36.9 Å². The summed E-state index contributed by atoms with van der Waals surface area (Å²) in [6.45, 7) is -3.57. The molecule has 3 rings (SSSR count). The number of benzene rings is 1. The largest absolute Gasteiger partial charge is 0.435 e. The van der Waals surface area contributed by atoms with Gasteiger partial charge in [-0.2, -0.15) is 8.78 Å². The van der Waals surface area contributed by atoms with E-state index in [0.29, 0.717) is 17.7 Å². The van der Waals surface area contributed by atoms with Crippen molar-refractivity contribution >= 4 is 29.4 Å². The number of hydrogen-bond donors (Lipinski definition) is 1. The summed E-state index contributed by atoms with van der Waals surface area (Å²) in [5.41, 5.74) is 0.260. The van der Waals surface area contributed by atoms with Gasteiger partial charge in [0, 0.05) is 11.7 Å². The van der Waals surface area contributed by atoms with Crippen molar-refractivity contribution in [3.63, 3.8) is 0 Å². The van der Waals surface area contributed by atoms with Crippen molar-refractivity contribution in [1.29, 1.82) is 0 Å². The predicted molar refractivity (Wildman–Crippen MR) is 78.7 cm³/mol. The van der Waals surface area contributed by atoms with Crippen molar-refractivity contribution in [2.45, 2.75) is 25.5 Å². The van der Waals surface area contributed by atoms with Crippen LogP contribution in [-0.4, -0.2) is 52.8 Å². The molecular formula is C15H13F2N3O5. The number of amides is 5. The maximum absolute atomic E-state index is 12.1. The van der Waals surface area contributed by atoms with Crippen LogP contribution in [0, 0.1) is 0 Å². The Morgan fingerprint density at radius 1 is 1.16 bits per heavy atom. The van der Waals surface area contributed by atoms with Crippen LogP contribution in [0.15, 0.2) is 24.3 Å². The number of imide groups is 2. The lowest BCUT2D eigenvalue weighted by Gasteiger charge is -2.14. The second-order valence-corrected chi connectivity index (χ2v) is 5.53. The molecule has 5 amide bonds. The van der Waals surface area contributed by atoms with Crippen LogP contribution in [-0.2, 0) is 14.4 Å². The number of carbonyl (C=O) groups excluding carboxylic acids is 4. The second-order valence-electron chi connectivity index (χ2n) is 5.53. The molecule has 2 aliphatic rings. The molecule has 8 nitrogen and oxygen atoms in total. The van der Waals surface area contributed by atoms with E-state index in [2.05, 4.69) is 10.1 Å². The molecule has 1 aromatic carbocycles. The lowest BCUT2D eigenvalue weighted by molar-refractivity contribution is -0.143. The first-order valence-corrected chi connectivity index (χ1v) is 7.40. The molecule has 0 spiro atoms. The summed E-state index contributed by atoms with van der Waals surface area (Å²) in [4.78, 5) is 49.2. The van der Waals surface area contributed by atoms with E-state index in [1.807, 2.05) is 0 Å². The first-order valence-electron chi connectivity index (χ1n) is 7.40. The molecule has 0 aromatic heterocycles.